The summed E-state index contributed by atoms with van der Waals surface area (Å²) in [6.45, 7) is 5.01. The molecule has 0 radical (unpaired) electrons. The van der Waals surface area contributed by atoms with E-state index in [1.165, 1.54) is 25.7 Å². The summed E-state index contributed by atoms with van der Waals surface area (Å²) in [7, 11) is 0. The van der Waals surface area contributed by atoms with E-state index in [1.807, 2.05) is 0 Å². The second-order valence-corrected chi connectivity index (χ2v) is 6.35. The Morgan fingerprint density at radius 2 is 2.12 bits per heavy atom. The molecule has 1 amide bonds. The maximum absolute atomic E-state index is 11.7. The molecule has 4 unspecified atom stereocenters. The van der Waals surface area contributed by atoms with Crippen LogP contribution >= 0.6 is 0 Å². The lowest BCUT2D eigenvalue weighted by Crippen LogP contribution is -2.37. The van der Waals surface area contributed by atoms with Crippen LogP contribution < -0.4 is 11.1 Å². The van der Waals surface area contributed by atoms with E-state index in [1.54, 1.807) is 0 Å². The minimum absolute atomic E-state index is 0.00460. The lowest BCUT2D eigenvalue weighted by Gasteiger charge is -2.22. The van der Waals surface area contributed by atoms with E-state index >= 15 is 0 Å². The smallest absolute Gasteiger partial charge is 0.221 e. The summed E-state index contributed by atoms with van der Waals surface area (Å²) in [5.74, 6) is 3.10. The van der Waals surface area contributed by atoms with Crippen LogP contribution in [0.4, 0.5) is 0 Å². The molecule has 0 saturated heterocycles. The van der Waals surface area contributed by atoms with Crippen LogP contribution in [0.15, 0.2) is 0 Å². The fraction of sp³-hybridized carbons (Fsp3) is 0.929. The number of carbonyl (C=O) groups is 1. The van der Waals surface area contributed by atoms with Crippen molar-refractivity contribution in [2.75, 3.05) is 6.54 Å². The van der Waals surface area contributed by atoms with Gasteiger partial charge in [-0.3, -0.25) is 4.79 Å². The van der Waals surface area contributed by atoms with Crippen LogP contribution in [0.5, 0.6) is 0 Å². The molecule has 0 aromatic heterocycles. The number of nitrogens with two attached hydrogens (primary N) is 1. The molecular formula is C14H26N2O. The Balaban J connectivity index is 1.66. The number of carbonyl (C=O) groups excluding carboxylic acids is 1. The van der Waals surface area contributed by atoms with Crippen molar-refractivity contribution in [2.24, 2.45) is 29.4 Å². The first-order chi connectivity index (χ1) is 8.06. The minimum atomic E-state index is -0.00460. The Morgan fingerprint density at radius 3 is 2.65 bits per heavy atom. The van der Waals surface area contributed by atoms with Gasteiger partial charge in [-0.2, -0.15) is 0 Å². The molecule has 2 aliphatic rings. The zero-order valence-electron chi connectivity index (χ0n) is 11.1. The van der Waals surface area contributed by atoms with Crippen LogP contribution in [0.1, 0.15) is 46.0 Å². The maximum Gasteiger partial charge on any atom is 0.221 e. The van der Waals surface area contributed by atoms with Crippen molar-refractivity contribution in [1.29, 1.82) is 0 Å². The van der Waals surface area contributed by atoms with Crippen LogP contribution in [0.2, 0.25) is 0 Å². The van der Waals surface area contributed by atoms with E-state index in [-0.39, 0.29) is 11.9 Å². The van der Waals surface area contributed by atoms with Gasteiger partial charge in [0, 0.05) is 19.0 Å². The average molecular weight is 238 g/mol. The number of fused-ring (bicyclic) bond motifs is 2. The third-order valence-corrected chi connectivity index (χ3v) is 4.72. The molecule has 2 aliphatic carbocycles. The number of nitrogens with one attached hydrogen (secondary N) is 1. The van der Waals surface area contributed by atoms with Crippen LogP contribution in [-0.2, 0) is 4.79 Å². The van der Waals surface area contributed by atoms with Crippen molar-refractivity contribution in [3.8, 4) is 0 Å². The normalized spacial score (nSPS) is 33.1. The Bertz CT molecular complexity index is 277. The van der Waals surface area contributed by atoms with Gasteiger partial charge in [-0.1, -0.05) is 20.3 Å². The van der Waals surface area contributed by atoms with Gasteiger partial charge >= 0.3 is 0 Å². The van der Waals surface area contributed by atoms with Gasteiger partial charge in [-0.25, -0.2) is 0 Å². The maximum atomic E-state index is 11.7. The molecule has 2 saturated carbocycles. The first-order valence-electron chi connectivity index (χ1n) is 7.08. The van der Waals surface area contributed by atoms with Crippen molar-refractivity contribution >= 4 is 5.91 Å². The Morgan fingerprint density at radius 1 is 1.35 bits per heavy atom. The van der Waals surface area contributed by atoms with Gasteiger partial charge in [0.05, 0.1) is 0 Å². The summed E-state index contributed by atoms with van der Waals surface area (Å²) < 4.78 is 0. The van der Waals surface area contributed by atoms with Crippen molar-refractivity contribution in [1.82, 2.24) is 5.32 Å². The molecule has 3 nitrogen and oxygen atoms in total. The van der Waals surface area contributed by atoms with Gasteiger partial charge < -0.3 is 11.1 Å². The topological polar surface area (TPSA) is 55.1 Å². The SMILES string of the molecule is CC(C)C(N)CC(=O)NCC1CC2CCC1C2. The molecular weight excluding hydrogens is 212 g/mol. The van der Waals surface area contributed by atoms with E-state index in [4.69, 9.17) is 5.73 Å². The van der Waals surface area contributed by atoms with Crippen molar-refractivity contribution < 1.29 is 4.79 Å². The van der Waals surface area contributed by atoms with Gasteiger partial charge in [0.2, 0.25) is 5.91 Å². The zero-order valence-corrected chi connectivity index (χ0v) is 11.1. The number of amides is 1. The van der Waals surface area contributed by atoms with Gasteiger partial charge in [-0.15, -0.1) is 0 Å². The first kappa shape index (κ1) is 12.9. The van der Waals surface area contributed by atoms with Gasteiger partial charge in [-0.05, 0) is 42.9 Å². The second kappa shape index (κ2) is 5.38. The lowest BCUT2D eigenvalue weighted by atomic mass is 9.89. The molecule has 17 heavy (non-hydrogen) atoms. The fourth-order valence-electron chi connectivity index (χ4n) is 3.39. The summed E-state index contributed by atoms with van der Waals surface area (Å²) in [4.78, 5) is 11.7. The quantitative estimate of drug-likeness (QED) is 0.768. The molecule has 0 spiro atoms. The zero-order chi connectivity index (χ0) is 12.4. The molecule has 2 fully saturated rings. The van der Waals surface area contributed by atoms with Gasteiger partial charge in [0.15, 0.2) is 0 Å². The monoisotopic (exact) mass is 238 g/mol. The lowest BCUT2D eigenvalue weighted by molar-refractivity contribution is -0.121. The highest BCUT2D eigenvalue weighted by atomic mass is 16.1. The van der Waals surface area contributed by atoms with Gasteiger partial charge in [0.1, 0.15) is 0 Å². The molecule has 0 aliphatic heterocycles. The highest BCUT2D eigenvalue weighted by Crippen LogP contribution is 2.47. The molecule has 3 N–H and O–H groups in total. The predicted molar refractivity (Wildman–Crippen MR) is 69.4 cm³/mol. The van der Waals surface area contributed by atoms with Crippen LogP contribution in [0, 0.1) is 23.7 Å². The largest absolute Gasteiger partial charge is 0.356 e. The van der Waals surface area contributed by atoms with E-state index < -0.39 is 0 Å². The fourth-order valence-corrected chi connectivity index (χ4v) is 3.39. The molecule has 0 aromatic carbocycles. The van der Waals surface area contributed by atoms with Crippen molar-refractivity contribution in [2.45, 2.75) is 52.0 Å². The summed E-state index contributed by atoms with van der Waals surface area (Å²) in [5, 5.41) is 3.08. The molecule has 4 atom stereocenters. The van der Waals surface area contributed by atoms with Crippen LogP contribution in [0.25, 0.3) is 0 Å². The molecule has 2 rings (SSSR count). The van der Waals surface area contributed by atoms with Crippen molar-refractivity contribution in [3.05, 3.63) is 0 Å². The summed E-state index contributed by atoms with van der Waals surface area (Å²) >= 11 is 0. The standard InChI is InChI=1S/C14H26N2O/c1-9(2)13(15)7-14(17)16-8-12-6-10-3-4-11(12)5-10/h9-13H,3-8,15H2,1-2H3,(H,16,17). The Kier molecular flexibility index (Phi) is 4.08. The third-order valence-electron chi connectivity index (χ3n) is 4.72. The summed E-state index contributed by atoms with van der Waals surface area (Å²) in [6.07, 6.45) is 6.02. The average Bonchev–Trinajstić information content (AvgIpc) is 2.87. The van der Waals surface area contributed by atoms with Crippen LogP contribution in [0.3, 0.4) is 0 Å². The van der Waals surface area contributed by atoms with E-state index in [0.717, 1.165) is 24.3 Å². The number of rotatable bonds is 5. The van der Waals surface area contributed by atoms with Crippen molar-refractivity contribution in [3.63, 3.8) is 0 Å². The summed E-state index contributed by atoms with van der Waals surface area (Å²) in [6, 6.07) is -0.00460. The molecule has 3 heteroatoms. The molecule has 0 heterocycles. The number of hydrogen-bond donors (Lipinski definition) is 2. The van der Waals surface area contributed by atoms with E-state index in [9.17, 15) is 4.79 Å². The third kappa shape index (κ3) is 3.21. The highest BCUT2D eigenvalue weighted by molar-refractivity contribution is 5.76. The summed E-state index contributed by atoms with van der Waals surface area (Å²) in [5.41, 5.74) is 5.90. The minimum Gasteiger partial charge on any atom is -0.356 e. The second-order valence-electron chi connectivity index (χ2n) is 6.35. The Hall–Kier alpha value is -0.570. The molecule has 2 bridgehead atoms. The first-order valence-corrected chi connectivity index (χ1v) is 7.08. The van der Waals surface area contributed by atoms with E-state index in [0.29, 0.717) is 12.3 Å². The van der Waals surface area contributed by atoms with Crippen LogP contribution in [-0.4, -0.2) is 18.5 Å². The molecule has 98 valence electrons. The predicted octanol–water partition coefficient (Wildman–Crippen LogP) is 1.91. The highest BCUT2D eigenvalue weighted by Gasteiger charge is 2.39. The van der Waals surface area contributed by atoms with E-state index in [2.05, 4.69) is 19.2 Å². The number of hydrogen-bond acceptors (Lipinski definition) is 2. The molecule has 0 aromatic rings. The Labute approximate surface area is 105 Å². The van der Waals surface area contributed by atoms with Gasteiger partial charge in [0.25, 0.3) is 0 Å².